The number of amides is 2. The molecule has 0 aromatic heterocycles. The van der Waals surface area contributed by atoms with Crippen LogP contribution in [-0.2, 0) is 34.0 Å². The highest BCUT2D eigenvalue weighted by Crippen LogP contribution is 2.24. The summed E-state index contributed by atoms with van der Waals surface area (Å²) in [5.74, 6) is 0.0489. The number of hydrogen-bond donors (Lipinski definition) is 2. The number of hydrogen-bond acceptors (Lipinski definition) is 5. The zero-order chi connectivity index (χ0) is 27.7. The van der Waals surface area contributed by atoms with Crippen molar-refractivity contribution in [2.24, 2.45) is 0 Å². The summed E-state index contributed by atoms with van der Waals surface area (Å²) in [5, 5.41) is 5.70. The second-order valence-electron chi connectivity index (χ2n) is 9.60. The van der Waals surface area contributed by atoms with Gasteiger partial charge in [0.15, 0.2) is 0 Å². The molecule has 1 aliphatic rings. The summed E-state index contributed by atoms with van der Waals surface area (Å²) < 4.78 is 24.7. The molecule has 1 aliphatic heterocycles. The lowest BCUT2D eigenvalue weighted by Crippen LogP contribution is -2.49. The molecule has 1 heterocycles. The summed E-state index contributed by atoms with van der Waals surface area (Å²) in [6.45, 7) is 1.89. The first-order chi connectivity index (χ1) is 19.5. The van der Waals surface area contributed by atoms with E-state index in [0.717, 1.165) is 5.56 Å². The molecule has 0 aliphatic carbocycles. The van der Waals surface area contributed by atoms with Gasteiger partial charge >= 0.3 is 0 Å². The number of rotatable bonds is 11. The zero-order valence-corrected chi connectivity index (χ0v) is 21.9. The summed E-state index contributed by atoms with van der Waals surface area (Å²) in [5.41, 5.74) is 3.93. The zero-order valence-electron chi connectivity index (χ0n) is 21.9. The molecule has 0 bridgehead atoms. The van der Waals surface area contributed by atoms with Crippen molar-refractivity contribution < 1.29 is 23.5 Å². The van der Waals surface area contributed by atoms with E-state index < -0.39 is 11.9 Å². The van der Waals surface area contributed by atoms with E-state index in [1.165, 1.54) is 35.4 Å². The fourth-order valence-corrected chi connectivity index (χ4v) is 4.48. The van der Waals surface area contributed by atoms with Crippen molar-refractivity contribution in [1.29, 1.82) is 0 Å². The largest absolute Gasteiger partial charge is 0.457 e. The van der Waals surface area contributed by atoms with E-state index in [9.17, 15) is 14.0 Å². The lowest BCUT2D eigenvalue weighted by atomic mass is 10.1. The minimum Gasteiger partial charge on any atom is -0.457 e. The van der Waals surface area contributed by atoms with Gasteiger partial charge in [0.2, 0.25) is 11.8 Å². The van der Waals surface area contributed by atoms with E-state index in [2.05, 4.69) is 22.8 Å². The Kier molecular flexibility index (Phi) is 8.80. The van der Waals surface area contributed by atoms with Gasteiger partial charge in [0.1, 0.15) is 23.4 Å². The molecule has 8 heteroatoms. The van der Waals surface area contributed by atoms with Crippen LogP contribution in [0.15, 0.2) is 103 Å². The third kappa shape index (κ3) is 7.53. The molecule has 0 radical (unpaired) electrons. The second-order valence-corrected chi connectivity index (χ2v) is 9.60. The molecule has 2 N–H and O–H groups in total. The van der Waals surface area contributed by atoms with Crippen LogP contribution in [-0.4, -0.2) is 35.9 Å². The van der Waals surface area contributed by atoms with E-state index in [1.807, 2.05) is 47.4 Å². The van der Waals surface area contributed by atoms with Gasteiger partial charge in [-0.2, -0.15) is 0 Å². The summed E-state index contributed by atoms with van der Waals surface area (Å²) in [6.07, 6.45) is 0. The van der Waals surface area contributed by atoms with E-state index in [1.54, 1.807) is 24.3 Å². The van der Waals surface area contributed by atoms with Crippen LogP contribution in [0.3, 0.4) is 0 Å². The van der Waals surface area contributed by atoms with Crippen molar-refractivity contribution in [1.82, 2.24) is 10.2 Å². The molecule has 40 heavy (non-hydrogen) atoms. The Bertz CT molecular complexity index is 1400. The van der Waals surface area contributed by atoms with Crippen LogP contribution in [0, 0.1) is 5.82 Å². The van der Waals surface area contributed by atoms with Gasteiger partial charge in [0, 0.05) is 18.8 Å². The molecular formula is C32H30FN3O4. The fourth-order valence-electron chi connectivity index (χ4n) is 4.48. The van der Waals surface area contributed by atoms with E-state index in [-0.39, 0.29) is 24.9 Å². The van der Waals surface area contributed by atoms with Gasteiger partial charge in [0.25, 0.3) is 0 Å². The monoisotopic (exact) mass is 539 g/mol. The lowest BCUT2D eigenvalue weighted by molar-refractivity contribution is -0.128. The van der Waals surface area contributed by atoms with Crippen LogP contribution in [0.2, 0.25) is 0 Å². The Morgan fingerprint density at radius 3 is 2.05 bits per heavy atom. The number of nitrogens with one attached hydrogen (secondary N) is 2. The number of carbonyl (C=O) groups is 2. The summed E-state index contributed by atoms with van der Waals surface area (Å²) in [4.78, 5) is 28.2. The molecule has 5 rings (SSSR count). The molecule has 1 atom stereocenters. The Morgan fingerprint density at radius 1 is 0.800 bits per heavy atom. The van der Waals surface area contributed by atoms with Gasteiger partial charge in [-0.05, 0) is 65.2 Å². The summed E-state index contributed by atoms with van der Waals surface area (Å²) >= 11 is 0. The maximum absolute atomic E-state index is 13.2. The average Bonchev–Trinajstić information content (AvgIpc) is 3.37. The quantitative estimate of drug-likeness (QED) is 0.271. The average molecular weight is 540 g/mol. The van der Waals surface area contributed by atoms with Crippen molar-refractivity contribution in [3.05, 3.63) is 126 Å². The minimum atomic E-state index is -0.892. The van der Waals surface area contributed by atoms with Gasteiger partial charge in [-0.25, -0.2) is 4.39 Å². The first-order valence-electron chi connectivity index (χ1n) is 13.1. The van der Waals surface area contributed by atoms with Crippen molar-refractivity contribution in [2.45, 2.75) is 25.7 Å². The maximum Gasteiger partial charge on any atom is 0.249 e. The lowest BCUT2D eigenvalue weighted by Gasteiger charge is -2.21. The van der Waals surface area contributed by atoms with Crippen LogP contribution in [0.1, 0.15) is 16.7 Å². The molecule has 1 unspecified atom stereocenters. The maximum atomic E-state index is 13.2. The number of ether oxygens (including phenoxy) is 2. The summed E-state index contributed by atoms with van der Waals surface area (Å²) in [6, 6.07) is 29.4. The topological polar surface area (TPSA) is 79.9 Å². The molecule has 4 aromatic carbocycles. The number of benzene rings is 4. The Balaban J connectivity index is 1.19. The Morgan fingerprint density at radius 2 is 1.40 bits per heavy atom. The Labute approximate surface area is 232 Å². The van der Waals surface area contributed by atoms with Crippen LogP contribution >= 0.6 is 0 Å². The first-order valence-corrected chi connectivity index (χ1v) is 13.1. The molecular weight excluding hydrogens is 509 g/mol. The van der Waals surface area contributed by atoms with E-state index >= 15 is 0 Å². The van der Waals surface area contributed by atoms with Crippen LogP contribution < -0.4 is 15.4 Å². The second kappa shape index (κ2) is 13.0. The molecule has 0 fully saturated rings. The number of carbonyl (C=O) groups excluding carboxylic acids is 2. The van der Waals surface area contributed by atoms with Gasteiger partial charge in [-0.1, -0.05) is 54.6 Å². The normalized spacial score (nSPS) is 13.3. The standard InChI is InChI=1S/C32H30FN3O4/c33-26-10-14-28(15-11-26)40-29-16-12-27(13-17-29)34-32(38)30(22-39-21-23-6-2-1-3-7-23)35-31(37)20-36-18-24-8-4-5-9-25(24)19-36/h1-17,30H,18-22H2,(H,34,38)(H,35,37). The Hall–Kier alpha value is -4.53. The third-order valence-corrected chi connectivity index (χ3v) is 6.49. The summed E-state index contributed by atoms with van der Waals surface area (Å²) in [7, 11) is 0. The van der Waals surface area contributed by atoms with Gasteiger partial charge in [0.05, 0.1) is 19.8 Å². The first kappa shape index (κ1) is 27.1. The number of nitrogens with zero attached hydrogens (tertiary/aromatic N) is 1. The van der Waals surface area contributed by atoms with E-state index in [0.29, 0.717) is 36.9 Å². The van der Waals surface area contributed by atoms with Crippen molar-refractivity contribution >= 4 is 17.5 Å². The molecule has 4 aromatic rings. The minimum absolute atomic E-state index is 0.0124. The smallest absolute Gasteiger partial charge is 0.249 e. The third-order valence-electron chi connectivity index (χ3n) is 6.49. The highest BCUT2D eigenvalue weighted by molar-refractivity contribution is 5.97. The van der Waals surface area contributed by atoms with Crippen molar-refractivity contribution in [2.75, 3.05) is 18.5 Å². The molecule has 0 spiro atoms. The van der Waals surface area contributed by atoms with Gasteiger partial charge in [-0.15, -0.1) is 0 Å². The molecule has 7 nitrogen and oxygen atoms in total. The van der Waals surface area contributed by atoms with E-state index in [4.69, 9.17) is 9.47 Å². The van der Waals surface area contributed by atoms with Crippen molar-refractivity contribution in [3.63, 3.8) is 0 Å². The van der Waals surface area contributed by atoms with Crippen LogP contribution in [0.5, 0.6) is 11.5 Å². The highest BCUT2D eigenvalue weighted by atomic mass is 19.1. The fraction of sp³-hybridized carbons (Fsp3) is 0.188. The SMILES string of the molecule is O=C(CN1Cc2ccccc2C1)NC(COCc1ccccc1)C(=O)Nc1ccc(Oc2ccc(F)cc2)cc1. The highest BCUT2D eigenvalue weighted by Gasteiger charge is 2.25. The number of anilines is 1. The predicted molar refractivity (Wildman–Crippen MR) is 150 cm³/mol. The van der Waals surface area contributed by atoms with Crippen LogP contribution in [0.25, 0.3) is 0 Å². The molecule has 0 saturated carbocycles. The van der Waals surface area contributed by atoms with Crippen molar-refractivity contribution in [3.8, 4) is 11.5 Å². The number of halogens is 1. The molecule has 204 valence electrons. The molecule has 0 saturated heterocycles. The van der Waals surface area contributed by atoms with Crippen LogP contribution in [0.4, 0.5) is 10.1 Å². The number of fused-ring (bicyclic) bond motifs is 1. The predicted octanol–water partition coefficient (Wildman–Crippen LogP) is 5.27. The van der Waals surface area contributed by atoms with Gasteiger partial charge in [-0.3, -0.25) is 14.5 Å². The molecule has 2 amide bonds. The van der Waals surface area contributed by atoms with Gasteiger partial charge < -0.3 is 20.1 Å².